The van der Waals surface area contributed by atoms with Crippen LogP contribution >= 0.6 is 11.8 Å². The van der Waals surface area contributed by atoms with Gasteiger partial charge in [0.1, 0.15) is 0 Å². The van der Waals surface area contributed by atoms with Crippen LogP contribution in [0.1, 0.15) is 29.8 Å². The predicted octanol–water partition coefficient (Wildman–Crippen LogP) is 3.28. The summed E-state index contributed by atoms with van der Waals surface area (Å²) in [6.45, 7) is 6.17. The molecule has 0 amide bonds. The molecule has 0 spiro atoms. The van der Waals surface area contributed by atoms with Crippen LogP contribution < -0.4 is 0 Å². The first-order valence-corrected chi connectivity index (χ1v) is 5.78. The summed E-state index contributed by atoms with van der Waals surface area (Å²) in [4.78, 5) is 12.5. The third-order valence-electron chi connectivity index (χ3n) is 1.90. The van der Waals surface area contributed by atoms with Gasteiger partial charge in [-0.15, -0.1) is 11.8 Å². The van der Waals surface area contributed by atoms with Crippen LogP contribution in [0.3, 0.4) is 0 Å². The quantitative estimate of drug-likeness (QED) is 0.582. The van der Waals surface area contributed by atoms with Crippen molar-refractivity contribution in [2.24, 2.45) is 0 Å². The summed E-state index contributed by atoms with van der Waals surface area (Å²) in [6, 6.07) is 5.86. The lowest BCUT2D eigenvalue weighted by Gasteiger charge is -2.10. The summed E-state index contributed by atoms with van der Waals surface area (Å²) < 4.78 is 4.76. The van der Waals surface area contributed by atoms with E-state index in [2.05, 4.69) is 13.8 Å². The van der Waals surface area contributed by atoms with E-state index in [0.717, 1.165) is 10.5 Å². The van der Waals surface area contributed by atoms with Gasteiger partial charge in [-0.25, -0.2) is 4.79 Å². The van der Waals surface area contributed by atoms with Gasteiger partial charge in [-0.2, -0.15) is 0 Å². The molecule has 15 heavy (non-hydrogen) atoms. The van der Waals surface area contributed by atoms with E-state index < -0.39 is 0 Å². The van der Waals surface area contributed by atoms with Gasteiger partial charge in [-0.1, -0.05) is 25.5 Å². The van der Waals surface area contributed by atoms with Crippen molar-refractivity contribution in [1.82, 2.24) is 0 Å². The minimum absolute atomic E-state index is 0.262. The Balaban J connectivity index is 3.08. The first-order chi connectivity index (χ1) is 7.04. The van der Waals surface area contributed by atoms with E-state index in [1.54, 1.807) is 11.8 Å². The molecule has 0 fully saturated rings. The van der Waals surface area contributed by atoms with Crippen LogP contribution in [0.4, 0.5) is 0 Å². The summed E-state index contributed by atoms with van der Waals surface area (Å²) in [7, 11) is 1.41. The van der Waals surface area contributed by atoms with Crippen molar-refractivity contribution < 1.29 is 9.53 Å². The number of esters is 1. The normalized spacial score (nSPS) is 10.5. The van der Waals surface area contributed by atoms with Crippen LogP contribution in [0.25, 0.3) is 0 Å². The van der Waals surface area contributed by atoms with E-state index in [-0.39, 0.29) is 5.97 Å². The van der Waals surface area contributed by atoms with Crippen LogP contribution in [0, 0.1) is 6.92 Å². The molecule has 0 unspecified atom stereocenters. The Labute approximate surface area is 95.0 Å². The van der Waals surface area contributed by atoms with Crippen molar-refractivity contribution in [1.29, 1.82) is 0 Å². The number of benzene rings is 1. The second-order valence-electron chi connectivity index (χ2n) is 3.66. The number of rotatable bonds is 3. The zero-order chi connectivity index (χ0) is 11.4. The maximum Gasteiger partial charge on any atom is 0.339 e. The average Bonchev–Trinajstić information content (AvgIpc) is 2.19. The van der Waals surface area contributed by atoms with Crippen molar-refractivity contribution >= 4 is 17.7 Å². The summed E-state index contributed by atoms with van der Waals surface area (Å²) in [5.41, 5.74) is 1.74. The zero-order valence-electron chi connectivity index (χ0n) is 9.53. The molecular weight excluding hydrogens is 208 g/mol. The monoisotopic (exact) mass is 224 g/mol. The Morgan fingerprint density at radius 2 is 2.07 bits per heavy atom. The third kappa shape index (κ3) is 3.27. The van der Waals surface area contributed by atoms with Crippen LogP contribution in [0.2, 0.25) is 0 Å². The topological polar surface area (TPSA) is 26.3 Å². The Morgan fingerprint density at radius 3 is 2.60 bits per heavy atom. The van der Waals surface area contributed by atoms with Crippen LogP contribution in [0.5, 0.6) is 0 Å². The fourth-order valence-corrected chi connectivity index (χ4v) is 2.19. The fourth-order valence-electron chi connectivity index (χ4n) is 1.27. The second-order valence-corrected chi connectivity index (χ2v) is 5.28. The van der Waals surface area contributed by atoms with Crippen molar-refractivity contribution in [3.63, 3.8) is 0 Å². The molecule has 0 N–H and O–H groups in total. The minimum atomic E-state index is -0.262. The molecule has 0 saturated carbocycles. The second kappa shape index (κ2) is 5.21. The lowest BCUT2D eigenvalue weighted by Crippen LogP contribution is -2.04. The van der Waals surface area contributed by atoms with Crippen molar-refractivity contribution in [3.8, 4) is 0 Å². The van der Waals surface area contributed by atoms with Gasteiger partial charge in [0.2, 0.25) is 0 Å². The van der Waals surface area contributed by atoms with E-state index in [9.17, 15) is 4.79 Å². The number of carbonyl (C=O) groups is 1. The SMILES string of the molecule is COC(=O)c1cc(C)ccc1SC(C)C. The van der Waals surface area contributed by atoms with Gasteiger partial charge in [0.25, 0.3) is 0 Å². The van der Waals surface area contributed by atoms with E-state index in [4.69, 9.17) is 4.74 Å². The summed E-state index contributed by atoms with van der Waals surface area (Å²) in [5.74, 6) is -0.262. The molecule has 0 heterocycles. The molecule has 82 valence electrons. The van der Waals surface area contributed by atoms with Gasteiger partial charge in [0, 0.05) is 10.1 Å². The van der Waals surface area contributed by atoms with Gasteiger partial charge in [0.15, 0.2) is 0 Å². The standard InChI is InChI=1S/C12H16O2S/c1-8(2)15-11-6-5-9(3)7-10(11)12(13)14-4/h5-8H,1-4H3. The largest absolute Gasteiger partial charge is 0.465 e. The summed E-state index contributed by atoms with van der Waals surface area (Å²) in [6.07, 6.45) is 0. The highest BCUT2D eigenvalue weighted by Crippen LogP contribution is 2.27. The van der Waals surface area contributed by atoms with E-state index in [1.165, 1.54) is 7.11 Å². The van der Waals surface area contributed by atoms with Crippen LogP contribution in [-0.4, -0.2) is 18.3 Å². The molecule has 1 aromatic carbocycles. The van der Waals surface area contributed by atoms with Gasteiger partial charge in [-0.05, 0) is 19.1 Å². The average molecular weight is 224 g/mol. The first-order valence-electron chi connectivity index (χ1n) is 4.90. The lowest BCUT2D eigenvalue weighted by molar-refractivity contribution is 0.0596. The molecule has 1 aromatic rings. The van der Waals surface area contributed by atoms with Crippen LogP contribution in [-0.2, 0) is 4.74 Å². The van der Waals surface area contributed by atoms with E-state index in [1.807, 2.05) is 25.1 Å². The highest BCUT2D eigenvalue weighted by molar-refractivity contribution is 8.00. The fraction of sp³-hybridized carbons (Fsp3) is 0.417. The number of carbonyl (C=O) groups excluding carboxylic acids is 1. The maximum absolute atomic E-state index is 11.5. The number of ether oxygens (including phenoxy) is 1. The Morgan fingerprint density at radius 1 is 1.40 bits per heavy atom. The molecule has 3 heteroatoms. The van der Waals surface area contributed by atoms with E-state index >= 15 is 0 Å². The molecule has 1 rings (SSSR count). The smallest absolute Gasteiger partial charge is 0.339 e. The maximum atomic E-state index is 11.5. The molecule has 0 aliphatic heterocycles. The molecule has 0 radical (unpaired) electrons. The Bertz CT molecular complexity index is 359. The van der Waals surface area contributed by atoms with Crippen molar-refractivity contribution in [2.45, 2.75) is 30.9 Å². The molecule has 0 aliphatic rings. The Kier molecular flexibility index (Phi) is 4.21. The minimum Gasteiger partial charge on any atom is -0.465 e. The van der Waals surface area contributed by atoms with Gasteiger partial charge < -0.3 is 4.74 Å². The molecule has 0 atom stereocenters. The first kappa shape index (κ1) is 12.1. The predicted molar refractivity (Wildman–Crippen MR) is 63.5 cm³/mol. The van der Waals surface area contributed by atoms with E-state index in [0.29, 0.717) is 10.8 Å². The molecule has 2 nitrogen and oxygen atoms in total. The molecular formula is C12H16O2S. The number of hydrogen-bond acceptors (Lipinski definition) is 3. The molecule has 0 bridgehead atoms. The number of hydrogen-bond donors (Lipinski definition) is 0. The summed E-state index contributed by atoms with van der Waals surface area (Å²) in [5, 5.41) is 0.455. The molecule has 0 aliphatic carbocycles. The number of aryl methyl sites for hydroxylation is 1. The lowest BCUT2D eigenvalue weighted by atomic mass is 10.1. The van der Waals surface area contributed by atoms with Crippen molar-refractivity contribution in [3.05, 3.63) is 29.3 Å². The van der Waals surface area contributed by atoms with Crippen LogP contribution in [0.15, 0.2) is 23.1 Å². The van der Waals surface area contributed by atoms with Crippen molar-refractivity contribution in [2.75, 3.05) is 7.11 Å². The number of thioether (sulfide) groups is 1. The highest BCUT2D eigenvalue weighted by Gasteiger charge is 2.13. The van der Waals surface area contributed by atoms with Gasteiger partial charge in [-0.3, -0.25) is 0 Å². The number of methoxy groups -OCH3 is 1. The zero-order valence-corrected chi connectivity index (χ0v) is 10.4. The Hall–Kier alpha value is -0.960. The van der Waals surface area contributed by atoms with Gasteiger partial charge >= 0.3 is 5.97 Å². The summed E-state index contributed by atoms with van der Waals surface area (Å²) >= 11 is 1.68. The third-order valence-corrected chi connectivity index (χ3v) is 2.98. The highest BCUT2D eigenvalue weighted by atomic mass is 32.2. The van der Waals surface area contributed by atoms with Gasteiger partial charge in [0.05, 0.1) is 12.7 Å². The molecule has 0 aromatic heterocycles. The molecule has 0 saturated heterocycles.